The van der Waals surface area contributed by atoms with E-state index in [-0.39, 0.29) is 25.7 Å². The van der Waals surface area contributed by atoms with Crippen LogP contribution in [0.3, 0.4) is 0 Å². The molecule has 0 radical (unpaired) electrons. The molecule has 0 spiro atoms. The van der Waals surface area contributed by atoms with Gasteiger partial charge in [0.1, 0.15) is 19.3 Å². The van der Waals surface area contributed by atoms with Gasteiger partial charge in [-0.1, -0.05) is 343 Å². The molecule has 94 heavy (non-hydrogen) atoms. The molecule has 0 aromatic carbocycles. The predicted molar refractivity (Wildman–Crippen MR) is 382 cm³/mol. The summed E-state index contributed by atoms with van der Waals surface area (Å²) in [5.74, 6) is -1.42. The summed E-state index contributed by atoms with van der Waals surface area (Å²) in [6.07, 6.45) is 57.0. The average Bonchev–Trinajstić information content (AvgIpc) is 2.38. The van der Waals surface area contributed by atoms with Gasteiger partial charge in [-0.25, -0.2) is 9.13 Å². The fraction of sp³-hybridized carbons (Fsp3) is 0.947. The van der Waals surface area contributed by atoms with E-state index in [0.29, 0.717) is 31.6 Å². The quantitative estimate of drug-likeness (QED) is 0.0222. The SMILES string of the molecule is CCCCCCCCCCCCCCCCCCCCCC(=O)O[C@H](COC(=O)CCCCCCCCCCCCCCCCC)COP(=O)(O)OC[C@@H](O)COP(=O)(O)OC[C@@H](COC(=O)CCCCCCCCCCCC)OC(=O)CCCCCCCCCC(C)C. The lowest BCUT2D eigenvalue weighted by atomic mass is 10.0. The largest absolute Gasteiger partial charge is 0.472 e. The summed E-state index contributed by atoms with van der Waals surface area (Å²) in [6, 6.07) is 0. The number of rotatable bonds is 75. The highest BCUT2D eigenvalue weighted by Gasteiger charge is 2.30. The lowest BCUT2D eigenvalue weighted by Crippen LogP contribution is -2.30. The molecule has 0 aliphatic heterocycles. The van der Waals surface area contributed by atoms with E-state index in [2.05, 4.69) is 34.6 Å². The van der Waals surface area contributed by atoms with Gasteiger partial charge in [-0.2, -0.15) is 0 Å². The third kappa shape index (κ3) is 68.6. The van der Waals surface area contributed by atoms with Crippen LogP contribution in [0.15, 0.2) is 0 Å². The Kier molecular flexibility index (Phi) is 66.8. The van der Waals surface area contributed by atoms with Crippen LogP contribution in [0.4, 0.5) is 0 Å². The third-order valence-corrected chi connectivity index (χ3v) is 19.4. The predicted octanol–water partition coefficient (Wildman–Crippen LogP) is 22.1. The number of aliphatic hydroxyl groups excluding tert-OH is 1. The van der Waals surface area contributed by atoms with Gasteiger partial charge in [-0.15, -0.1) is 0 Å². The number of phosphoric ester groups is 2. The summed E-state index contributed by atoms with van der Waals surface area (Å²) < 4.78 is 68.4. The number of ether oxygens (including phenoxy) is 4. The topological polar surface area (TPSA) is 237 Å². The zero-order valence-electron chi connectivity index (χ0n) is 61.1. The summed E-state index contributed by atoms with van der Waals surface area (Å²) >= 11 is 0. The molecule has 0 amide bonds. The van der Waals surface area contributed by atoms with Gasteiger partial charge in [0.2, 0.25) is 0 Å². The van der Waals surface area contributed by atoms with Crippen LogP contribution in [0.1, 0.15) is 394 Å². The van der Waals surface area contributed by atoms with Crippen molar-refractivity contribution in [2.75, 3.05) is 39.6 Å². The zero-order valence-corrected chi connectivity index (χ0v) is 62.9. The first-order chi connectivity index (χ1) is 45.5. The number of unbranched alkanes of at least 4 members (excludes halogenated alkanes) is 47. The van der Waals surface area contributed by atoms with Gasteiger partial charge in [-0.05, 0) is 31.6 Å². The summed E-state index contributed by atoms with van der Waals surface area (Å²) in [5.41, 5.74) is 0. The van der Waals surface area contributed by atoms with E-state index in [1.54, 1.807) is 0 Å². The number of esters is 4. The van der Waals surface area contributed by atoms with Crippen molar-refractivity contribution in [1.82, 2.24) is 0 Å². The summed E-state index contributed by atoms with van der Waals surface area (Å²) in [4.78, 5) is 72.7. The number of phosphoric acid groups is 2. The molecule has 17 nitrogen and oxygen atoms in total. The molecule has 0 saturated heterocycles. The number of hydrogen-bond acceptors (Lipinski definition) is 15. The molecule has 0 aromatic rings. The Hall–Kier alpha value is -1.94. The standard InChI is InChI=1S/C75H146O17P2/c1-6-9-12-15-18-21-24-26-28-29-30-31-33-35-37-40-45-50-55-60-74(79)91-70(64-86-73(78)59-54-49-44-39-36-34-32-27-25-22-19-16-13-10-7-2)66-89-93(81,82)87-62-69(76)63-88-94(83,84)90-67-71(92-75(80)61-56-51-46-41-42-47-52-57-68(4)5)65-85-72(77)58-53-48-43-38-23-20-17-14-11-8-3/h68-71,76H,6-67H2,1-5H3,(H,81,82)(H,83,84)/t69-,70-,71-/m1/s1. The molecule has 558 valence electrons. The number of carbonyl (C=O) groups excluding carboxylic acids is 4. The monoisotopic (exact) mass is 1380 g/mol. The molecule has 0 aliphatic rings. The molecule has 0 fully saturated rings. The van der Waals surface area contributed by atoms with Gasteiger partial charge in [0.15, 0.2) is 12.2 Å². The minimum atomic E-state index is -4.96. The van der Waals surface area contributed by atoms with Gasteiger partial charge in [0.05, 0.1) is 26.4 Å². The van der Waals surface area contributed by atoms with Gasteiger partial charge >= 0.3 is 39.5 Å². The lowest BCUT2D eigenvalue weighted by Gasteiger charge is -2.21. The molecule has 0 saturated carbocycles. The minimum Gasteiger partial charge on any atom is -0.462 e. The van der Waals surface area contributed by atoms with E-state index in [4.69, 9.17) is 37.0 Å². The second-order valence-electron chi connectivity index (χ2n) is 27.5. The van der Waals surface area contributed by atoms with E-state index in [1.165, 1.54) is 218 Å². The highest BCUT2D eigenvalue weighted by Crippen LogP contribution is 2.45. The maximum absolute atomic E-state index is 13.1. The van der Waals surface area contributed by atoms with Crippen LogP contribution in [0.5, 0.6) is 0 Å². The first-order valence-electron chi connectivity index (χ1n) is 39.1. The highest BCUT2D eigenvalue weighted by atomic mass is 31.2. The van der Waals surface area contributed by atoms with Crippen molar-refractivity contribution in [3.8, 4) is 0 Å². The van der Waals surface area contributed by atoms with Crippen LogP contribution < -0.4 is 0 Å². The van der Waals surface area contributed by atoms with Crippen LogP contribution in [0.25, 0.3) is 0 Å². The maximum atomic E-state index is 13.1. The fourth-order valence-corrected chi connectivity index (χ4v) is 13.1. The molecular weight excluding hydrogens is 1230 g/mol. The van der Waals surface area contributed by atoms with E-state index in [1.807, 2.05) is 0 Å². The smallest absolute Gasteiger partial charge is 0.462 e. The summed E-state index contributed by atoms with van der Waals surface area (Å²) in [5, 5.41) is 10.6. The molecule has 0 aromatic heterocycles. The first kappa shape index (κ1) is 92.1. The lowest BCUT2D eigenvalue weighted by molar-refractivity contribution is -0.161. The highest BCUT2D eigenvalue weighted by molar-refractivity contribution is 7.47. The van der Waals surface area contributed by atoms with Crippen molar-refractivity contribution < 1.29 is 80.2 Å². The Labute approximate surface area is 575 Å². The van der Waals surface area contributed by atoms with Crippen LogP contribution in [0.2, 0.25) is 0 Å². The Morgan fingerprint density at radius 2 is 0.489 bits per heavy atom. The Balaban J connectivity index is 5.21. The van der Waals surface area contributed by atoms with Gasteiger partial charge < -0.3 is 33.8 Å². The maximum Gasteiger partial charge on any atom is 0.472 e. The van der Waals surface area contributed by atoms with Crippen LogP contribution in [-0.2, 0) is 65.4 Å². The fourth-order valence-electron chi connectivity index (χ4n) is 11.5. The Morgan fingerprint density at radius 1 is 0.287 bits per heavy atom. The molecular formula is C75H146O17P2. The molecule has 19 heteroatoms. The van der Waals surface area contributed by atoms with Gasteiger partial charge in [0, 0.05) is 25.7 Å². The van der Waals surface area contributed by atoms with E-state index >= 15 is 0 Å². The third-order valence-electron chi connectivity index (χ3n) is 17.5. The average molecular weight is 1380 g/mol. The van der Waals surface area contributed by atoms with Crippen molar-refractivity contribution in [2.45, 2.75) is 412 Å². The van der Waals surface area contributed by atoms with Crippen LogP contribution in [0, 0.1) is 5.92 Å². The summed E-state index contributed by atoms with van der Waals surface area (Å²) in [6.45, 7) is 7.21. The van der Waals surface area contributed by atoms with Crippen LogP contribution >= 0.6 is 15.6 Å². The zero-order chi connectivity index (χ0) is 69.1. The van der Waals surface area contributed by atoms with Crippen molar-refractivity contribution in [2.24, 2.45) is 5.92 Å². The number of carbonyl (C=O) groups is 4. The molecule has 0 bridgehead atoms. The van der Waals surface area contributed by atoms with Gasteiger partial charge in [0.25, 0.3) is 0 Å². The normalized spacial score (nSPS) is 14.0. The molecule has 0 heterocycles. The molecule has 0 aliphatic carbocycles. The first-order valence-corrected chi connectivity index (χ1v) is 42.1. The number of aliphatic hydroxyl groups is 1. The second-order valence-corrected chi connectivity index (χ2v) is 30.4. The minimum absolute atomic E-state index is 0.104. The van der Waals surface area contributed by atoms with Crippen molar-refractivity contribution in [3.05, 3.63) is 0 Å². The van der Waals surface area contributed by atoms with Crippen molar-refractivity contribution >= 4 is 39.5 Å². The molecule has 2 unspecified atom stereocenters. The Morgan fingerprint density at radius 3 is 0.723 bits per heavy atom. The van der Waals surface area contributed by atoms with Crippen LogP contribution in [-0.4, -0.2) is 96.7 Å². The second kappa shape index (κ2) is 68.2. The summed E-state index contributed by atoms with van der Waals surface area (Å²) in [7, 11) is -9.91. The van der Waals surface area contributed by atoms with E-state index < -0.39 is 97.5 Å². The van der Waals surface area contributed by atoms with Crippen molar-refractivity contribution in [3.63, 3.8) is 0 Å². The van der Waals surface area contributed by atoms with Gasteiger partial charge in [-0.3, -0.25) is 37.3 Å². The number of hydrogen-bond donors (Lipinski definition) is 3. The molecule has 3 N–H and O–H groups in total. The molecule has 0 rings (SSSR count). The van der Waals surface area contributed by atoms with Crippen molar-refractivity contribution in [1.29, 1.82) is 0 Å². The Bertz CT molecular complexity index is 1810. The van der Waals surface area contributed by atoms with E-state index in [9.17, 15) is 43.2 Å². The molecule has 5 atom stereocenters. The van der Waals surface area contributed by atoms with E-state index in [0.717, 1.165) is 89.9 Å².